The number of hydrogen-bond donors (Lipinski definition) is 1. The highest BCUT2D eigenvalue weighted by atomic mass is 19.4. The summed E-state index contributed by atoms with van der Waals surface area (Å²) in [6, 6.07) is 5.06. The zero-order valence-electron chi connectivity index (χ0n) is 12.4. The van der Waals surface area contributed by atoms with Gasteiger partial charge in [0.2, 0.25) is 0 Å². The Bertz CT molecular complexity index is 801. The van der Waals surface area contributed by atoms with E-state index in [1.54, 1.807) is 19.1 Å². The first-order valence-electron chi connectivity index (χ1n) is 6.92. The first-order chi connectivity index (χ1) is 10.8. The van der Waals surface area contributed by atoms with E-state index in [1.165, 1.54) is 12.0 Å². The van der Waals surface area contributed by atoms with Gasteiger partial charge in [0.25, 0.3) is 5.56 Å². The predicted octanol–water partition coefficient (Wildman–Crippen LogP) is 2.88. The molecular weight excluding hydrogens is 311 g/mol. The van der Waals surface area contributed by atoms with E-state index in [0.717, 1.165) is 17.3 Å². The number of aromatic nitrogens is 2. The van der Waals surface area contributed by atoms with Gasteiger partial charge in [-0.1, -0.05) is 12.1 Å². The molecule has 1 aliphatic rings. The molecule has 23 heavy (non-hydrogen) atoms. The smallest absolute Gasteiger partial charge is 0.423 e. The number of alkyl halides is 3. The fraction of sp³-hybridized carbons (Fsp3) is 0.333. The Balaban J connectivity index is 2.13. The van der Waals surface area contributed by atoms with E-state index in [1.807, 2.05) is 11.2 Å². The van der Waals surface area contributed by atoms with Crippen LogP contribution in [0, 0.1) is 0 Å². The minimum absolute atomic E-state index is 0.217. The van der Waals surface area contributed by atoms with Crippen LogP contribution in [0.1, 0.15) is 29.7 Å². The Morgan fingerprint density at radius 3 is 2.78 bits per heavy atom. The van der Waals surface area contributed by atoms with Crippen molar-refractivity contribution in [1.82, 2.24) is 10.2 Å². The molecule has 0 fully saturated rings. The third kappa shape index (κ3) is 2.43. The molecule has 0 amide bonds. The van der Waals surface area contributed by atoms with Crippen LogP contribution in [0.2, 0.25) is 0 Å². The average Bonchev–Trinajstić information content (AvgIpc) is 2.83. The van der Waals surface area contributed by atoms with Crippen LogP contribution in [0.4, 0.5) is 18.9 Å². The van der Waals surface area contributed by atoms with Gasteiger partial charge in [-0.25, -0.2) is 5.10 Å². The molecule has 1 aliphatic heterocycles. The number of fused-ring (bicyclic) bond motifs is 1. The SMILES string of the molecule is COc1cccc2c1CN(c1cn[nH]c(=O)c1C(F)(F)F)C2C. The molecule has 1 unspecified atom stereocenters. The number of rotatable bonds is 2. The summed E-state index contributed by atoms with van der Waals surface area (Å²) >= 11 is 0. The number of aromatic amines is 1. The maximum Gasteiger partial charge on any atom is 0.423 e. The number of halogens is 3. The molecule has 0 aliphatic carbocycles. The van der Waals surface area contributed by atoms with E-state index >= 15 is 0 Å². The van der Waals surface area contributed by atoms with Gasteiger partial charge in [-0.15, -0.1) is 0 Å². The normalized spacial score (nSPS) is 17.3. The molecule has 122 valence electrons. The summed E-state index contributed by atoms with van der Waals surface area (Å²) < 4.78 is 45.1. The van der Waals surface area contributed by atoms with Crippen LogP contribution in [0.5, 0.6) is 5.75 Å². The first kappa shape index (κ1) is 15.4. The first-order valence-corrected chi connectivity index (χ1v) is 6.92. The van der Waals surface area contributed by atoms with Crippen LogP contribution in [0.15, 0.2) is 29.2 Å². The lowest BCUT2D eigenvalue weighted by molar-refractivity contribution is -0.138. The van der Waals surface area contributed by atoms with E-state index in [4.69, 9.17) is 4.74 Å². The molecule has 0 spiro atoms. The largest absolute Gasteiger partial charge is 0.496 e. The van der Waals surface area contributed by atoms with Gasteiger partial charge in [0.15, 0.2) is 0 Å². The van der Waals surface area contributed by atoms with Gasteiger partial charge in [-0.05, 0) is 18.6 Å². The van der Waals surface area contributed by atoms with Crippen LogP contribution < -0.4 is 15.2 Å². The summed E-state index contributed by atoms with van der Waals surface area (Å²) in [6.45, 7) is 2.00. The number of nitrogens with one attached hydrogen (secondary N) is 1. The zero-order chi connectivity index (χ0) is 16.8. The lowest BCUT2D eigenvalue weighted by Crippen LogP contribution is -2.30. The van der Waals surface area contributed by atoms with Gasteiger partial charge in [-0.3, -0.25) is 4.79 Å². The number of H-pyrrole nitrogens is 1. The van der Waals surface area contributed by atoms with Crippen molar-refractivity contribution in [2.45, 2.75) is 25.7 Å². The van der Waals surface area contributed by atoms with E-state index in [-0.39, 0.29) is 18.3 Å². The van der Waals surface area contributed by atoms with Gasteiger partial charge in [0.1, 0.15) is 11.3 Å². The molecule has 2 aromatic rings. The summed E-state index contributed by atoms with van der Waals surface area (Å²) in [5, 5.41) is 5.38. The summed E-state index contributed by atoms with van der Waals surface area (Å²) in [5.74, 6) is 0.614. The average molecular weight is 325 g/mol. The van der Waals surface area contributed by atoms with Crippen molar-refractivity contribution < 1.29 is 17.9 Å². The van der Waals surface area contributed by atoms with Crippen molar-refractivity contribution in [3.8, 4) is 5.75 Å². The molecule has 0 radical (unpaired) electrons. The molecule has 1 N–H and O–H groups in total. The number of anilines is 1. The second kappa shape index (κ2) is 5.29. The molecule has 5 nitrogen and oxygen atoms in total. The second-order valence-corrected chi connectivity index (χ2v) is 5.29. The molecule has 0 saturated heterocycles. The van der Waals surface area contributed by atoms with Crippen LogP contribution in [-0.2, 0) is 12.7 Å². The molecule has 8 heteroatoms. The van der Waals surface area contributed by atoms with Crippen LogP contribution in [-0.4, -0.2) is 17.3 Å². The van der Waals surface area contributed by atoms with Crippen LogP contribution >= 0.6 is 0 Å². The topological polar surface area (TPSA) is 58.2 Å². The summed E-state index contributed by atoms with van der Waals surface area (Å²) in [7, 11) is 1.51. The van der Waals surface area contributed by atoms with Crippen molar-refractivity contribution >= 4 is 5.69 Å². The molecule has 1 aromatic heterocycles. The summed E-state index contributed by atoms with van der Waals surface area (Å²) in [4.78, 5) is 13.2. The Morgan fingerprint density at radius 1 is 1.39 bits per heavy atom. The summed E-state index contributed by atoms with van der Waals surface area (Å²) in [5.41, 5.74) is -1.02. The molecule has 1 atom stereocenters. The minimum atomic E-state index is -4.76. The van der Waals surface area contributed by atoms with Crippen LogP contribution in [0.3, 0.4) is 0 Å². The Labute approximate surface area is 129 Å². The van der Waals surface area contributed by atoms with E-state index in [0.29, 0.717) is 5.75 Å². The van der Waals surface area contributed by atoms with Crippen molar-refractivity contribution in [1.29, 1.82) is 0 Å². The van der Waals surface area contributed by atoms with E-state index in [9.17, 15) is 18.0 Å². The number of nitrogens with zero attached hydrogens (tertiary/aromatic N) is 2. The van der Waals surface area contributed by atoms with Gasteiger partial charge >= 0.3 is 6.18 Å². The lowest BCUT2D eigenvalue weighted by Gasteiger charge is -2.26. The van der Waals surface area contributed by atoms with Gasteiger partial charge in [0.05, 0.1) is 25.0 Å². The van der Waals surface area contributed by atoms with Crippen molar-refractivity contribution in [2.75, 3.05) is 12.0 Å². The number of benzene rings is 1. The third-order valence-electron chi connectivity index (χ3n) is 4.06. The van der Waals surface area contributed by atoms with E-state index in [2.05, 4.69) is 5.10 Å². The fourth-order valence-electron chi connectivity index (χ4n) is 2.98. The molecular formula is C15H14F3N3O2. The van der Waals surface area contributed by atoms with Crippen molar-refractivity contribution in [2.24, 2.45) is 0 Å². The molecule has 2 heterocycles. The highest BCUT2D eigenvalue weighted by Gasteiger charge is 2.41. The quantitative estimate of drug-likeness (QED) is 0.922. The maximum absolute atomic E-state index is 13.3. The standard InChI is InChI=1S/C15H14F3N3O2/c1-8-9-4-3-5-12(23-2)10(9)7-21(8)11-6-19-20-14(22)13(11)15(16,17)18/h3-6,8H,7H2,1-2H3,(H,20,22). The highest BCUT2D eigenvalue weighted by molar-refractivity contribution is 5.60. The van der Waals surface area contributed by atoms with Gasteiger partial charge in [-0.2, -0.15) is 18.3 Å². The Hall–Kier alpha value is -2.51. The second-order valence-electron chi connectivity index (χ2n) is 5.29. The molecule has 1 aromatic carbocycles. The molecule has 0 saturated carbocycles. The van der Waals surface area contributed by atoms with Crippen molar-refractivity contribution in [3.05, 3.63) is 51.4 Å². The Kier molecular flexibility index (Phi) is 3.54. The number of methoxy groups -OCH3 is 1. The zero-order valence-corrected chi connectivity index (χ0v) is 12.4. The maximum atomic E-state index is 13.3. The van der Waals surface area contributed by atoms with Gasteiger partial charge in [0, 0.05) is 12.1 Å². The number of hydrogen-bond acceptors (Lipinski definition) is 4. The monoisotopic (exact) mass is 325 g/mol. The lowest BCUT2D eigenvalue weighted by atomic mass is 10.1. The molecule has 0 bridgehead atoms. The minimum Gasteiger partial charge on any atom is -0.496 e. The third-order valence-corrected chi connectivity index (χ3v) is 4.06. The highest BCUT2D eigenvalue weighted by Crippen LogP contribution is 2.43. The Morgan fingerprint density at radius 2 is 2.13 bits per heavy atom. The molecule has 3 rings (SSSR count). The van der Waals surface area contributed by atoms with E-state index < -0.39 is 17.3 Å². The predicted molar refractivity (Wildman–Crippen MR) is 77.5 cm³/mol. The fourth-order valence-corrected chi connectivity index (χ4v) is 2.98. The van der Waals surface area contributed by atoms with Crippen LogP contribution in [0.25, 0.3) is 0 Å². The number of ether oxygens (including phenoxy) is 1. The van der Waals surface area contributed by atoms with Gasteiger partial charge < -0.3 is 9.64 Å². The summed E-state index contributed by atoms with van der Waals surface area (Å²) in [6.07, 6.45) is -3.72. The van der Waals surface area contributed by atoms with Crippen molar-refractivity contribution in [3.63, 3.8) is 0 Å².